The molecule has 0 aromatic heterocycles. The summed E-state index contributed by atoms with van der Waals surface area (Å²) in [4.78, 5) is 24.9. The average Bonchev–Trinajstić information content (AvgIpc) is 2.84. The van der Waals surface area contributed by atoms with Crippen LogP contribution >= 0.6 is 0 Å². The zero-order chi connectivity index (χ0) is 23.4. The molecule has 1 N–H and O–H groups in total. The average molecular weight is 467 g/mol. The molecule has 0 spiro atoms. The van der Waals surface area contributed by atoms with Gasteiger partial charge in [-0.25, -0.2) is 13.2 Å². The molecule has 1 amide bonds. The lowest BCUT2D eigenvalue weighted by molar-refractivity contribution is -0.122. The number of ether oxygens (including phenoxy) is 2. The lowest BCUT2D eigenvalue weighted by Crippen LogP contribution is -2.48. The number of benzene rings is 3. The van der Waals surface area contributed by atoms with E-state index in [2.05, 4.69) is 5.32 Å². The maximum Gasteiger partial charge on any atom is 0.338 e. The lowest BCUT2D eigenvalue weighted by atomic mass is 10.2. The third-order valence-electron chi connectivity index (χ3n) is 5.02. The second kappa shape index (κ2) is 9.33. The summed E-state index contributed by atoms with van der Waals surface area (Å²) in [5.41, 5.74) is 1.16. The van der Waals surface area contributed by atoms with Crippen LogP contribution in [0.15, 0.2) is 83.8 Å². The van der Waals surface area contributed by atoms with Crippen LogP contribution in [0.1, 0.15) is 17.3 Å². The zero-order valence-corrected chi connectivity index (χ0v) is 18.6. The van der Waals surface area contributed by atoms with E-state index in [4.69, 9.17) is 9.47 Å². The molecule has 8 nitrogen and oxygen atoms in total. The topological polar surface area (TPSA) is 102 Å². The summed E-state index contributed by atoms with van der Waals surface area (Å²) in [6, 6.07) is 20.9. The summed E-state index contributed by atoms with van der Waals surface area (Å²) in [6.45, 7) is 1.79. The summed E-state index contributed by atoms with van der Waals surface area (Å²) < 4.78 is 38.6. The van der Waals surface area contributed by atoms with Crippen LogP contribution in [0.3, 0.4) is 0 Å². The Labute approximate surface area is 191 Å². The van der Waals surface area contributed by atoms with Gasteiger partial charge in [0.1, 0.15) is 5.75 Å². The first kappa shape index (κ1) is 22.3. The Morgan fingerprint density at radius 1 is 1.00 bits per heavy atom. The number of carbonyl (C=O) groups is 2. The number of para-hydroxylation sites is 2. The number of nitrogens with one attached hydrogen (secondary N) is 1. The summed E-state index contributed by atoms with van der Waals surface area (Å²) in [5, 5.41) is 2.71. The van der Waals surface area contributed by atoms with E-state index in [0.717, 1.165) is 0 Å². The number of hydrogen-bond acceptors (Lipinski definition) is 6. The quantitative estimate of drug-likeness (QED) is 0.559. The van der Waals surface area contributed by atoms with E-state index < -0.39 is 28.0 Å². The Morgan fingerprint density at radius 2 is 1.67 bits per heavy atom. The molecule has 0 unspecified atom stereocenters. The molecule has 0 radical (unpaired) electrons. The van der Waals surface area contributed by atoms with Gasteiger partial charge in [-0.2, -0.15) is 0 Å². The fourth-order valence-corrected chi connectivity index (χ4v) is 4.91. The molecule has 0 bridgehead atoms. The molecular formula is C24H22N2O6S. The highest BCUT2D eigenvalue weighted by Gasteiger charge is 2.37. The smallest absolute Gasteiger partial charge is 0.338 e. The van der Waals surface area contributed by atoms with Gasteiger partial charge in [0.2, 0.25) is 0 Å². The van der Waals surface area contributed by atoms with E-state index in [-0.39, 0.29) is 18.0 Å². The van der Waals surface area contributed by atoms with Crippen molar-refractivity contribution in [3.8, 4) is 5.75 Å². The second-order valence-electron chi connectivity index (χ2n) is 7.21. The van der Waals surface area contributed by atoms with Crippen LogP contribution < -0.4 is 14.4 Å². The first-order chi connectivity index (χ1) is 15.9. The molecule has 1 heterocycles. The second-order valence-corrected chi connectivity index (χ2v) is 9.07. The highest BCUT2D eigenvalue weighted by molar-refractivity contribution is 7.92. The Morgan fingerprint density at radius 3 is 2.36 bits per heavy atom. The molecule has 1 aliphatic rings. The number of nitrogens with zero attached hydrogens (tertiary/aromatic N) is 1. The molecule has 0 saturated carbocycles. The molecule has 1 aliphatic heterocycles. The first-order valence-electron chi connectivity index (χ1n) is 10.3. The SMILES string of the molecule is CCOC(=O)c1ccc(NC(=O)[C@@H]2CN(S(=O)(=O)c3ccccc3)c3ccccc3O2)cc1. The van der Waals surface area contributed by atoms with Crippen LogP contribution in [-0.2, 0) is 19.6 Å². The molecule has 9 heteroatoms. The van der Waals surface area contributed by atoms with Gasteiger partial charge >= 0.3 is 5.97 Å². The third kappa shape index (κ3) is 4.68. The van der Waals surface area contributed by atoms with Gasteiger partial charge in [0, 0.05) is 5.69 Å². The largest absolute Gasteiger partial charge is 0.476 e. The molecule has 4 rings (SSSR count). The number of hydrogen-bond donors (Lipinski definition) is 1. The summed E-state index contributed by atoms with van der Waals surface area (Å²) >= 11 is 0. The number of amides is 1. The molecular weight excluding hydrogens is 444 g/mol. The van der Waals surface area contributed by atoms with Crippen molar-refractivity contribution in [1.29, 1.82) is 0 Å². The Hall–Kier alpha value is -3.85. The van der Waals surface area contributed by atoms with E-state index in [1.54, 1.807) is 61.5 Å². The van der Waals surface area contributed by atoms with Crippen molar-refractivity contribution >= 4 is 33.3 Å². The van der Waals surface area contributed by atoms with Gasteiger partial charge in [-0.05, 0) is 55.5 Å². The predicted molar refractivity (Wildman–Crippen MR) is 123 cm³/mol. The fraction of sp³-hybridized carbons (Fsp3) is 0.167. The summed E-state index contributed by atoms with van der Waals surface area (Å²) in [7, 11) is -3.91. The number of anilines is 2. The summed E-state index contributed by atoms with van der Waals surface area (Å²) in [6.07, 6.45) is -1.08. The predicted octanol–water partition coefficient (Wildman–Crippen LogP) is 3.46. The van der Waals surface area contributed by atoms with E-state index in [9.17, 15) is 18.0 Å². The Bertz CT molecular complexity index is 1260. The van der Waals surface area contributed by atoms with Crippen molar-refractivity contribution < 1.29 is 27.5 Å². The Balaban J connectivity index is 1.57. The lowest BCUT2D eigenvalue weighted by Gasteiger charge is -2.34. The number of rotatable bonds is 6. The van der Waals surface area contributed by atoms with Crippen LogP contribution in [0.4, 0.5) is 11.4 Å². The van der Waals surface area contributed by atoms with E-state index in [1.165, 1.54) is 28.6 Å². The highest BCUT2D eigenvalue weighted by atomic mass is 32.2. The first-order valence-corrected chi connectivity index (χ1v) is 11.8. The maximum absolute atomic E-state index is 13.3. The van der Waals surface area contributed by atoms with E-state index in [0.29, 0.717) is 22.7 Å². The minimum Gasteiger partial charge on any atom is -0.476 e. The minimum absolute atomic E-state index is 0.121. The monoisotopic (exact) mass is 466 g/mol. The van der Waals surface area contributed by atoms with Crippen LogP contribution in [-0.4, -0.2) is 39.5 Å². The molecule has 170 valence electrons. The van der Waals surface area contributed by atoms with Crippen LogP contribution in [0.25, 0.3) is 0 Å². The molecule has 0 saturated heterocycles. The van der Waals surface area contributed by atoms with Gasteiger partial charge in [0.15, 0.2) is 6.10 Å². The van der Waals surface area contributed by atoms with Crippen molar-refractivity contribution in [3.05, 3.63) is 84.4 Å². The minimum atomic E-state index is -3.91. The molecule has 3 aromatic carbocycles. The van der Waals surface area contributed by atoms with Crippen molar-refractivity contribution in [2.75, 3.05) is 22.8 Å². The van der Waals surface area contributed by atoms with Crippen molar-refractivity contribution in [1.82, 2.24) is 0 Å². The van der Waals surface area contributed by atoms with Crippen LogP contribution in [0.5, 0.6) is 5.75 Å². The van der Waals surface area contributed by atoms with Gasteiger partial charge < -0.3 is 14.8 Å². The molecule has 0 aliphatic carbocycles. The molecule has 3 aromatic rings. The number of carbonyl (C=O) groups excluding carboxylic acids is 2. The van der Waals surface area contributed by atoms with Gasteiger partial charge in [-0.15, -0.1) is 0 Å². The van der Waals surface area contributed by atoms with Crippen molar-refractivity contribution in [2.45, 2.75) is 17.9 Å². The Kier molecular flexibility index (Phi) is 6.32. The van der Waals surface area contributed by atoms with Gasteiger partial charge in [0.25, 0.3) is 15.9 Å². The van der Waals surface area contributed by atoms with E-state index >= 15 is 0 Å². The van der Waals surface area contributed by atoms with Crippen molar-refractivity contribution in [3.63, 3.8) is 0 Å². The van der Waals surface area contributed by atoms with E-state index in [1.807, 2.05) is 0 Å². The molecule has 0 fully saturated rings. The number of esters is 1. The normalized spacial score (nSPS) is 15.2. The number of fused-ring (bicyclic) bond motifs is 1. The van der Waals surface area contributed by atoms with Crippen LogP contribution in [0.2, 0.25) is 0 Å². The highest BCUT2D eigenvalue weighted by Crippen LogP contribution is 2.36. The standard InChI is InChI=1S/C24H22N2O6S/c1-2-31-24(28)17-12-14-18(15-13-17)25-23(27)22-16-26(20-10-6-7-11-21(20)32-22)33(29,30)19-8-4-3-5-9-19/h3-15,22H,2,16H2,1H3,(H,25,27)/t22-/m0/s1. The van der Waals surface area contributed by atoms with Gasteiger partial charge in [-0.3, -0.25) is 9.10 Å². The third-order valence-corrected chi connectivity index (χ3v) is 6.82. The zero-order valence-electron chi connectivity index (χ0n) is 17.8. The molecule has 33 heavy (non-hydrogen) atoms. The van der Waals surface area contributed by atoms with Crippen LogP contribution in [0, 0.1) is 0 Å². The van der Waals surface area contributed by atoms with Gasteiger partial charge in [-0.1, -0.05) is 30.3 Å². The molecule has 1 atom stereocenters. The number of sulfonamides is 1. The fourth-order valence-electron chi connectivity index (χ4n) is 3.41. The maximum atomic E-state index is 13.3. The summed E-state index contributed by atoms with van der Waals surface area (Å²) in [5.74, 6) is -0.674. The van der Waals surface area contributed by atoms with Gasteiger partial charge in [0.05, 0.1) is 29.3 Å². The van der Waals surface area contributed by atoms with Crippen molar-refractivity contribution in [2.24, 2.45) is 0 Å².